The molecule has 1 heterocycles. The Morgan fingerprint density at radius 3 is 1.96 bits per heavy atom. The molecule has 2 rings (SSSR count). The van der Waals surface area contributed by atoms with Crippen LogP contribution in [0.5, 0.6) is 0 Å². The van der Waals surface area contributed by atoms with E-state index < -0.39 is 0 Å². The highest BCUT2D eigenvalue weighted by Gasteiger charge is 2.45. The van der Waals surface area contributed by atoms with Crippen LogP contribution in [0.4, 0.5) is 0 Å². The summed E-state index contributed by atoms with van der Waals surface area (Å²) in [5.41, 5.74) is 0.435. The average Bonchev–Trinajstić information content (AvgIpc) is 2.91. The molecule has 2 fully saturated rings. The molecule has 0 amide bonds. The minimum atomic E-state index is -0.206. The van der Waals surface area contributed by atoms with E-state index in [4.69, 9.17) is 9.47 Å². The lowest BCUT2D eigenvalue weighted by Crippen LogP contribution is -2.38. The van der Waals surface area contributed by atoms with Gasteiger partial charge in [0.25, 0.3) is 0 Å². The molecule has 0 aromatic heterocycles. The molecule has 3 nitrogen and oxygen atoms in total. The summed E-state index contributed by atoms with van der Waals surface area (Å²) >= 11 is 0. The van der Waals surface area contributed by atoms with Gasteiger partial charge in [-0.3, -0.25) is 0 Å². The van der Waals surface area contributed by atoms with Crippen LogP contribution in [-0.2, 0) is 9.47 Å². The van der Waals surface area contributed by atoms with Gasteiger partial charge in [0.1, 0.15) is 0 Å². The second-order valence-electron chi connectivity index (χ2n) is 8.26. The van der Waals surface area contributed by atoms with E-state index in [1.54, 1.807) is 0 Å². The third-order valence-electron chi connectivity index (χ3n) is 5.19. The van der Waals surface area contributed by atoms with Crippen molar-refractivity contribution in [2.75, 3.05) is 19.7 Å². The number of hydrogen-bond acceptors (Lipinski definition) is 3. The summed E-state index contributed by atoms with van der Waals surface area (Å²) < 4.78 is 12.0. The molecule has 2 aliphatic rings. The first kappa shape index (κ1) is 20.9. The summed E-state index contributed by atoms with van der Waals surface area (Å²) in [5.74, 6) is 0.619. The molecule has 0 radical (unpaired) electrons. The first-order valence-corrected chi connectivity index (χ1v) is 9.89. The summed E-state index contributed by atoms with van der Waals surface area (Å²) in [6.45, 7) is 16.7. The Morgan fingerprint density at radius 2 is 1.57 bits per heavy atom. The van der Waals surface area contributed by atoms with Crippen molar-refractivity contribution in [2.45, 2.75) is 98.4 Å². The van der Waals surface area contributed by atoms with Crippen molar-refractivity contribution in [1.82, 2.24) is 5.32 Å². The largest absolute Gasteiger partial charge is 0.347 e. The van der Waals surface area contributed by atoms with Crippen molar-refractivity contribution in [3.63, 3.8) is 0 Å². The van der Waals surface area contributed by atoms with Crippen LogP contribution in [0.2, 0.25) is 0 Å². The van der Waals surface area contributed by atoms with Crippen molar-refractivity contribution in [2.24, 2.45) is 11.3 Å². The van der Waals surface area contributed by atoms with Gasteiger partial charge in [-0.15, -0.1) is 0 Å². The molecule has 23 heavy (non-hydrogen) atoms. The first-order chi connectivity index (χ1) is 10.9. The summed E-state index contributed by atoms with van der Waals surface area (Å²) in [4.78, 5) is 0. The van der Waals surface area contributed by atoms with E-state index in [9.17, 15) is 0 Å². The maximum absolute atomic E-state index is 6.08. The maximum atomic E-state index is 6.08. The highest BCUT2D eigenvalue weighted by atomic mass is 16.7. The van der Waals surface area contributed by atoms with Crippen LogP contribution in [0.25, 0.3) is 0 Å². The predicted octanol–water partition coefficient (Wildman–Crippen LogP) is 5.14. The molecule has 1 spiro atoms. The van der Waals surface area contributed by atoms with Crippen LogP contribution in [-0.4, -0.2) is 31.6 Å². The highest BCUT2D eigenvalue weighted by molar-refractivity contribution is 4.88. The van der Waals surface area contributed by atoms with Crippen molar-refractivity contribution in [3.05, 3.63) is 0 Å². The van der Waals surface area contributed by atoms with Gasteiger partial charge < -0.3 is 14.8 Å². The van der Waals surface area contributed by atoms with E-state index in [0.29, 0.717) is 11.5 Å². The summed E-state index contributed by atoms with van der Waals surface area (Å²) in [6, 6.07) is 0. The Kier molecular flexibility index (Phi) is 9.10. The predicted molar refractivity (Wildman–Crippen MR) is 98.7 cm³/mol. The normalized spacial score (nSPS) is 31.0. The Bertz CT molecular complexity index is 299. The monoisotopic (exact) mass is 327 g/mol. The molecule has 0 aromatic carbocycles. The molecule has 0 bridgehead atoms. The lowest BCUT2D eigenvalue weighted by molar-refractivity contribution is -0.196. The van der Waals surface area contributed by atoms with Gasteiger partial charge >= 0.3 is 0 Å². The van der Waals surface area contributed by atoms with E-state index in [1.807, 2.05) is 0 Å². The van der Waals surface area contributed by atoms with E-state index in [2.05, 4.69) is 46.9 Å². The van der Waals surface area contributed by atoms with Crippen LogP contribution in [0, 0.1) is 11.3 Å². The summed E-state index contributed by atoms with van der Waals surface area (Å²) in [6.07, 6.45) is 8.59. The van der Waals surface area contributed by atoms with E-state index in [1.165, 1.54) is 38.8 Å². The van der Waals surface area contributed by atoms with E-state index >= 15 is 0 Å². The Labute approximate surface area is 144 Å². The fraction of sp³-hybridized carbons (Fsp3) is 1.00. The van der Waals surface area contributed by atoms with Crippen LogP contribution < -0.4 is 5.32 Å². The van der Waals surface area contributed by atoms with E-state index in [-0.39, 0.29) is 5.79 Å². The Morgan fingerprint density at radius 1 is 1.00 bits per heavy atom. The lowest BCUT2D eigenvalue weighted by Gasteiger charge is -2.41. The standard InChI is InChI=1S/C14H26O2.C6H15N/c1-5-12-10-15-14(16-12)8-6-11(7-9-14)13(2,3)4;1-3-5-7-6-4-2/h11-12H,5-10H2,1-4H3;7H,3-6H2,1-2H3. The Balaban J connectivity index is 0.000000322. The average molecular weight is 328 g/mol. The van der Waals surface area contributed by atoms with Crippen LogP contribution in [0.3, 0.4) is 0 Å². The van der Waals surface area contributed by atoms with Crippen LogP contribution in [0.15, 0.2) is 0 Å². The smallest absolute Gasteiger partial charge is 0.168 e. The second-order valence-corrected chi connectivity index (χ2v) is 8.26. The molecule has 1 saturated heterocycles. The lowest BCUT2D eigenvalue weighted by atomic mass is 9.71. The number of nitrogens with one attached hydrogen (secondary N) is 1. The highest BCUT2D eigenvalue weighted by Crippen LogP contribution is 2.45. The summed E-state index contributed by atoms with van der Waals surface area (Å²) in [5, 5.41) is 3.28. The molecule has 1 aliphatic heterocycles. The molecule has 3 heteroatoms. The fourth-order valence-corrected chi connectivity index (χ4v) is 3.48. The van der Waals surface area contributed by atoms with Gasteiger partial charge in [-0.25, -0.2) is 0 Å². The molecule has 0 aromatic rings. The quantitative estimate of drug-likeness (QED) is 0.709. The SMILES string of the molecule is CCC1COC2(CCC(C(C)(C)C)CC2)O1.CCCNCCC. The maximum Gasteiger partial charge on any atom is 0.168 e. The fourth-order valence-electron chi connectivity index (χ4n) is 3.48. The zero-order valence-corrected chi connectivity index (χ0v) is 16.5. The topological polar surface area (TPSA) is 30.5 Å². The van der Waals surface area contributed by atoms with Gasteiger partial charge in [-0.1, -0.05) is 41.5 Å². The molecule has 1 atom stereocenters. The van der Waals surface area contributed by atoms with Gasteiger partial charge in [0, 0.05) is 12.8 Å². The van der Waals surface area contributed by atoms with Crippen molar-refractivity contribution < 1.29 is 9.47 Å². The molecule has 138 valence electrons. The summed E-state index contributed by atoms with van der Waals surface area (Å²) in [7, 11) is 0. The molecule has 1 aliphatic carbocycles. The zero-order valence-electron chi connectivity index (χ0n) is 16.5. The van der Waals surface area contributed by atoms with Gasteiger partial charge in [0.2, 0.25) is 0 Å². The van der Waals surface area contributed by atoms with Crippen molar-refractivity contribution in [3.8, 4) is 0 Å². The van der Waals surface area contributed by atoms with Crippen LogP contribution >= 0.6 is 0 Å². The molecular weight excluding hydrogens is 286 g/mol. The molecule has 1 unspecified atom stereocenters. The van der Waals surface area contributed by atoms with Crippen LogP contribution in [0.1, 0.15) is 86.5 Å². The molecular formula is C20H41NO2. The zero-order chi connectivity index (χ0) is 17.3. The second kappa shape index (κ2) is 10.0. The number of hydrogen-bond donors (Lipinski definition) is 1. The molecule has 1 N–H and O–H groups in total. The third-order valence-corrected chi connectivity index (χ3v) is 5.19. The number of ether oxygens (including phenoxy) is 2. The molecule has 1 saturated carbocycles. The van der Waals surface area contributed by atoms with Crippen molar-refractivity contribution >= 4 is 0 Å². The van der Waals surface area contributed by atoms with Crippen molar-refractivity contribution in [1.29, 1.82) is 0 Å². The minimum Gasteiger partial charge on any atom is -0.347 e. The Hall–Kier alpha value is -0.120. The minimum absolute atomic E-state index is 0.206. The van der Waals surface area contributed by atoms with Gasteiger partial charge in [-0.05, 0) is 56.5 Å². The first-order valence-electron chi connectivity index (χ1n) is 9.89. The van der Waals surface area contributed by atoms with Gasteiger partial charge in [0.05, 0.1) is 12.7 Å². The third kappa shape index (κ3) is 7.11. The number of rotatable bonds is 5. The van der Waals surface area contributed by atoms with Gasteiger partial charge in [-0.2, -0.15) is 0 Å². The van der Waals surface area contributed by atoms with E-state index in [0.717, 1.165) is 31.8 Å². The van der Waals surface area contributed by atoms with Gasteiger partial charge in [0.15, 0.2) is 5.79 Å².